The van der Waals surface area contributed by atoms with Crippen molar-refractivity contribution in [3.8, 4) is 5.69 Å². The summed E-state index contributed by atoms with van der Waals surface area (Å²) in [6.45, 7) is 0. The van der Waals surface area contributed by atoms with E-state index in [1.54, 1.807) is 0 Å². The molecule has 0 aliphatic heterocycles. The van der Waals surface area contributed by atoms with Crippen molar-refractivity contribution in [1.82, 2.24) is 9.55 Å². The van der Waals surface area contributed by atoms with Crippen LogP contribution in [0.3, 0.4) is 0 Å². The molecular weight excluding hydrogens is 293 g/mol. The van der Waals surface area contributed by atoms with Crippen LogP contribution in [-0.2, 0) is 0 Å². The molecule has 0 saturated carbocycles. The van der Waals surface area contributed by atoms with Crippen molar-refractivity contribution in [3.05, 3.63) is 53.6 Å². The molecule has 0 bridgehead atoms. The molecule has 3 aromatic rings. The Morgan fingerprint density at radius 3 is 2.05 bits per heavy atom. The van der Waals surface area contributed by atoms with Crippen molar-refractivity contribution >= 4 is 16.7 Å². The van der Waals surface area contributed by atoms with E-state index in [-0.39, 0.29) is 11.0 Å². The molecule has 2 N–H and O–H groups in total. The highest BCUT2D eigenvalue weighted by molar-refractivity contribution is 5.80. The lowest BCUT2D eigenvalue weighted by Crippen LogP contribution is -2.09. The number of nitrogen functional groups attached to an aromatic ring is 1. The minimum atomic E-state index is -2.21. The molecule has 21 heavy (non-hydrogen) atoms. The van der Waals surface area contributed by atoms with E-state index in [0.717, 1.165) is 10.9 Å². The fourth-order valence-corrected chi connectivity index (χ4v) is 2.01. The van der Waals surface area contributed by atoms with E-state index in [1.165, 1.54) is 18.2 Å². The molecular formula is C13H6F5N3. The van der Waals surface area contributed by atoms with E-state index in [4.69, 9.17) is 5.73 Å². The third-order valence-electron chi connectivity index (χ3n) is 3.00. The zero-order valence-corrected chi connectivity index (χ0v) is 10.2. The van der Waals surface area contributed by atoms with E-state index in [0.29, 0.717) is 5.69 Å². The van der Waals surface area contributed by atoms with Crippen LogP contribution in [0.4, 0.5) is 27.6 Å². The SMILES string of the molecule is Nc1ccc2c(c1)ncn2-c1c(F)c(F)c(F)c(F)c1F. The first-order valence-corrected chi connectivity index (χ1v) is 5.66. The Morgan fingerprint density at radius 2 is 1.43 bits per heavy atom. The number of nitrogens with zero attached hydrogens (tertiary/aromatic N) is 2. The molecule has 8 heteroatoms. The van der Waals surface area contributed by atoms with Gasteiger partial charge in [-0.2, -0.15) is 0 Å². The van der Waals surface area contributed by atoms with E-state index in [9.17, 15) is 22.0 Å². The number of hydrogen-bond acceptors (Lipinski definition) is 2. The van der Waals surface area contributed by atoms with Gasteiger partial charge in [0, 0.05) is 5.69 Å². The molecule has 108 valence electrons. The maximum Gasteiger partial charge on any atom is 0.200 e. The first kappa shape index (κ1) is 13.3. The fraction of sp³-hybridized carbons (Fsp3) is 0. The highest BCUT2D eigenvalue weighted by Gasteiger charge is 2.27. The van der Waals surface area contributed by atoms with Gasteiger partial charge in [-0.25, -0.2) is 26.9 Å². The largest absolute Gasteiger partial charge is 0.399 e. The van der Waals surface area contributed by atoms with Gasteiger partial charge in [-0.05, 0) is 18.2 Å². The molecule has 3 nitrogen and oxygen atoms in total. The summed E-state index contributed by atoms with van der Waals surface area (Å²) < 4.78 is 67.9. The van der Waals surface area contributed by atoms with Crippen molar-refractivity contribution in [1.29, 1.82) is 0 Å². The van der Waals surface area contributed by atoms with Gasteiger partial charge < -0.3 is 5.73 Å². The molecule has 2 aromatic carbocycles. The first-order chi connectivity index (χ1) is 9.91. The zero-order valence-electron chi connectivity index (χ0n) is 10.2. The molecule has 0 unspecified atom stereocenters. The van der Waals surface area contributed by atoms with Crippen LogP contribution in [0.25, 0.3) is 16.7 Å². The lowest BCUT2D eigenvalue weighted by molar-refractivity contribution is 0.376. The highest BCUT2D eigenvalue weighted by atomic mass is 19.2. The number of nitrogens with two attached hydrogens (primary N) is 1. The summed E-state index contributed by atoms with van der Waals surface area (Å²) in [5.41, 5.74) is 5.22. The number of aromatic nitrogens is 2. The molecule has 1 heterocycles. The summed E-state index contributed by atoms with van der Waals surface area (Å²) in [7, 11) is 0. The van der Waals surface area contributed by atoms with Gasteiger partial charge in [0.15, 0.2) is 23.3 Å². The second-order valence-electron chi connectivity index (χ2n) is 4.28. The summed E-state index contributed by atoms with van der Waals surface area (Å²) in [6.07, 6.45) is 0.961. The molecule has 0 saturated heterocycles. The van der Waals surface area contributed by atoms with Crippen LogP contribution in [-0.4, -0.2) is 9.55 Å². The maximum absolute atomic E-state index is 13.8. The lowest BCUT2D eigenvalue weighted by atomic mass is 10.2. The molecule has 0 radical (unpaired) electrons. The van der Waals surface area contributed by atoms with E-state index in [2.05, 4.69) is 4.98 Å². The van der Waals surface area contributed by atoms with Crippen LogP contribution in [0.15, 0.2) is 24.5 Å². The molecule has 3 rings (SSSR count). The fourth-order valence-electron chi connectivity index (χ4n) is 2.01. The van der Waals surface area contributed by atoms with E-state index in [1.807, 2.05) is 0 Å². The van der Waals surface area contributed by atoms with Crippen LogP contribution in [0, 0.1) is 29.1 Å². The number of imidazole rings is 1. The minimum absolute atomic E-state index is 0.160. The Bertz CT molecular complexity index is 843. The van der Waals surface area contributed by atoms with Crippen LogP contribution in [0.5, 0.6) is 0 Å². The Hall–Kier alpha value is -2.64. The second kappa shape index (κ2) is 4.44. The molecule has 0 spiro atoms. The summed E-state index contributed by atoms with van der Waals surface area (Å²) in [5.74, 6) is -10.1. The predicted molar refractivity (Wildman–Crippen MR) is 65.3 cm³/mol. The first-order valence-electron chi connectivity index (χ1n) is 5.66. The summed E-state index contributed by atoms with van der Waals surface area (Å²) >= 11 is 0. The standard InChI is InChI=1S/C13H6F5N3/c14-8-9(15)11(17)13(12(18)10(8)16)21-4-20-6-3-5(19)1-2-7(6)21/h1-4H,19H2. The van der Waals surface area contributed by atoms with Gasteiger partial charge in [0.2, 0.25) is 5.82 Å². The number of anilines is 1. The van der Waals surface area contributed by atoms with Crippen LogP contribution in [0.1, 0.15) is 0 Å². The van der Waals surface area contributed by atoms with Crippen molar-refractivity contribution < 1.29 is 22.0 Å². The van der Waals surface area contributed by atoms with E-state index >= 15 is 0 Å². The van der Waals surface area contributed by atoms with Gasteiger partial charge in [0.1, 0.15) is 12.0 Å². The normalized spacial score (nSPS) is 11.3. The van der Waals surface area contributed by atoms with Crippen molar-refractivity contribution in [2.24, 2.45) is 0 Å². The topological polar surface area (TPSA) is 43.8 Å². The number of rotatable bonds is 1. The number of benzene rings is 2. The minimum Gasteiger partial charge on any atom is -0.399 e. The molecule has 0 atom stereocenters. The summed E-state index contributed by atoms with van der Waals surface area (Å²) in [6, 6.07) is 4.21. The smallest absolute Gasteiger partial charge is 0.200 e. The van der Waals surface area contributed by atoms with Gasteiger partial charge in [-0.15, -0.1) is 0 Å². The van der Waals surface area contributed by atoms with Crippen molar-refractivity contribution in [2.45, 2.75) is 0 Å². The third-order valence-corrected chi connectivity index (χ3v) is 3.00. The molecule has 1 aromatic heterocycles. The predicted octanol–water partition coefficient (Wildman–Crippen LogP) is 3.30. The second-order valence-corrected chi connectivity index (χ2v) is 4.28. The monoisotopic (exact) mass is 299 g/mol. The van der Waals surface area contributed by atoms with Gasteiger partial charge in [-0.3, -0.25) is 4.57 Å². The van der Waals surface area contributed by atoms with Crippen LogP contribution < -0.4 is 5.73 Å². The van der Waals surface area contributed by atoms with Gasteiger partial charge in [0.05, 0.1) is 11.0 Å². The number of hydrogen-bond donors (Lipinski definition) is 1. The van der Waals surface area contributed by atoms with Crippen LogP contribution in [0.2, 0.25) is 0 Å². The van der Waals surface area contributed by atoms with Crippen molar-refractivity contribution in [3.63, 3.8) is 0 Å². The Balaban J connectivity index is 2.38. The third kappa shape index (κ3) is 1.83. The quantitative estimate of drug-likeness (QED) is 0.324. The molecule has 0 aliphatic rings. The maximum atomic E-state index is 13.8. The van der Waals surface area contributed by atoms with Gasteiger partial charge in [-0.1, -0.05) is 0 Å². The summed E-state index contributed by atoms with van der Waals surface area (Å²) in [4.78, 5) is 3.83. The Morgan fingerprint density at radius 1 is 0.857 bits per heavy atom. The average Bonchev–Trinajstić information content (AvgIpc) is 2.86. The van der Waals surface area contributed by atoms with Crippen molar-refractivity contribution in [2.75, 3.05) is 5.73 Å². The lowest BCUT2D eigenvalue weighted by Gasteiger charge is -2.09. The number of halogens is 5. The zero-order chi connectivity index (χ0) is 15.3. The molecule has 0 aliphatic carbocycles. The molecule has 0 fully saturated rings. The van der Waals surface area contributed by atoms with Gasteiger partial charge in [0.25, 0.3) is 0 Å². The summed E-state index contributed by atoms with van der Waals surface area (Å²) in [5, 5.41) is 0. The van der Waals surface area contributed by atoms with Crippen LogP contribution >= 0.6 is 0 Å². The average molecular weight is 299 g/mol. The Labute approximate surface area is 114 Å². The number of fused-ring (bicyclic) bond motifs is 1. The Kier molecular flexibility index (Phi) is 2.82. The highest BCUT2D eigenvalue weighted by Crippen LogP contribution is 2.29. The molecule has 0 amide bonds. The van der Waals surface area contributed by atoms with E-state index < -0.39 is 34.8 Å². The van der Waals surface area contributed by atoms with Gasteiger partial charge >= 0.3 is 0 Å².